The summed E-state index contributed by atoms with van der Waals surface area (Å²) in [5.74, 6) is 0.638. The van der Waals surface area contributed by atoms with Crippen molar-refractivity contribution in [3.8, 4) is 5.75 Å². The Kier molecular flexibility index (Phi) is 4.81. The molecule has 0 saturated heterocycles. The Morgan fingerprint density at radius 2 is 2.14 bits per heavy atom. The van der Waals surface area contributed by atoms with Crippen molar-refractivity contribution in [2.45, 2.75) is 59.5 Å². The van der Waals surface area contributed by atoms with E-state index < -0.39 is 0 Å². The van der Waals surface area contributed by atoms with Crippen molar-refractivity contribution in [1.82, 2.24) is 0 Å². The van der Waals surface area contributed by atoms with E-state index in [4.69, 9.17) is 10.5 Å². The van der Waals surface area contributed by atoms with Gasteiger partial charge in [-0.2, -0.15) is 0 Å². The molecule has 1 aromatic heterocycles. The number of nitrogens with two attached hydrogens (primary N) is 1. The second-order valence-corrected chi connectivity index (χ2v) is 7.31. The van der Waals surface area contributed by atoms with Gasteiger partial charge in [-0.15, -0.1) is 11.3 Å². The summed E-state index contributed by atoms with van der Waals surface area (Å²) in [6, 6.07) is 0. The lowest BCUT2D eigenvalue weighted by Gasteiger charge is -2.41. The number of ketones is 1. The number of hydrogen-bond acceptors (Lipinski definition) is 5. The van der Waals surface area contributed by atoms with E-state index in [0.717, 1.165) is 11.5 Å². The minimum Gasteiger partial charge on any atom is -0.486 e. The molecule has 0 amide bonds. The predicted molar refractivity (Wildman–Crippen MR) is 89.6 cm³/mol. The highest BCUT2D eigenvalue weighted by atomic mass is 32.1. The third-order valence-corrected chi connectivity index (χ3v) is 5.61. The van der Waals surface area contributed by atoms with Gasteiger partial charge >= 0.3 is 0 Å². The van der Waals surface area contributed by atoms with Crippen LogP contribution in [0.1, 0.15) is 63.0 Å². The van der Waals surface area contributed by atoms with Crippen LogP contribution in [0, 0.1) is 5.41 Å². The molecular weight excluding hydrogens is 284 g/mol. The fraction of sp³-hybridized carbons (Fsp3) is 0.688. The van der Waals surface area contributed by atoms with E-state index in [-0.39, 0.29) is 11.9 Å². The van der Waals surface area contributed by atoms with E-state index in [9.17, 15) is 4.79 Å². The molecule has 5 heteroatoms. The van der Waals surface area contributed by atoms with Crippen LogP contribution in [-0.4, -0.2) is 18.4 Å². The van der Waals surface area contributed by atoms with Crippen LogP contribution >= 0.6 is 11.3 Å². The van der Waals surface area contributed by atoms with Gasteiger partial charge in [0.1, 0.15) is 5.00 Å². The van der Waals surface area contributed by atoms with Gasteiger partial charge < -0.3 is 15.8 Å². The topological polar surface area (TPSA) is 64.4 Å². The van der Waals surface area contributed by atoms with Crippen LogP contribution in [0.4, 0.5) is 10.7 Å². The van der Waals surface area contributed by atoms with Gasteiger partial charge in [0.2, 0.25) is 0 Å². The summed E-state index contributed by atoms with van der Waals surface area (Å²) in [5.41, 5.74) is 6.98. The second-order valence-electron chi connectivity index (χ2n) is 6.29. The van der Waals surface area contributed by atoms with Gasteiger partial charge in [0, 0.05) is 13.5 Å². The van der Waals surface area contributed by atoms with Gasteiger partial charge in [-0.3, -0.25) is 4.79 Å². The Hall–Kier alpha value is -1.23. The minimum atomic E-state index is -0.00648. The fourth-order valence-corrected chi connectivity index (χ4v) is 3.70. The number of hydrogen-bond donors (Lipinski definition) is 2. The molecule has 1 aliphatic carbocycles. The number of nitrogens with one attached hydrogen (secondary N) is 1. The lowest BCUT2D eigenvalue weighted by Crippen LogP contribution is -2.35. The zero-order valence-corrected chi connectivity index (χ0v) is 14.2. The SMILES string of the molecule is CCC1(CNc2sc(C(C)=O)c(N)c2OC(C)C)CCC1. The molecule has 1 aliphatic rings. The molecule has 1 aromatic rings. The first-order valence-corrected chi connectivity index (χ1v) is 8.54. The van der Waals surface area contributed by atoms with Crippen molar-refractivity contribution >= 4 is 27.8 Å². The maximum atomic E-state index is 11.7. The van der Waals surface area contributed by atoms with Gasteiger partial charge in [0.25, 0.3) is 0 Å². The van der Waals surface area contributed by atoms with Gasteiger partial charge in [-0.1, -0.05) is 13.3 Å². The molecule has 21 heavy (non-hydrogen) atoms. The standard InChI is InChI=1S/C16H26N2O2S/c1-5-16(7-6-8-16)9-18-15-13(20-10(2)3)12(17)14(21-15)11(4)19/h10,18H,5-9,17H2,1-4H3. The minimum absolute atomic E-state index is 0.00648. The Balaban J connectivity index is 2.20. The fourth-order valence-electron chi connectivity index (χ4n) is 2.76. The van der Waals surface area contributed by atoms with Gasteiger partial charge in [0.05, 0.1) is 16.7 Å². The molecule has 0 atom stereocenters. The van der Waals surface area contributed by atoms with Crippen molar-refractivity contribution in [2.24, 2.45) is 5.41 Å². The number of Topliss-reactive ketones (excluding diaryl/α,β-unsaturated/α-hetero) is 1. The highest BCUT2D eigenvalue weighted by Gasteiger charge is 2.35. The first-order valence-electron chi connectivity index (χ1n) is 7.72. The first kappa shape index (κ1) is 16.1. The van der Waals surface area contributed by atoms with E-state index in [0.29, 0.717) is 21.7 Å². The number of carbonyl (C=O) groups excluding carboxylic acids is 1. The molecule has 0 bridgehead atoms. The Morgan fingerprint density at radius 1 is 1.48 bits per heavy atom. The third kappa shape index (κ3) is 3.34. The molecule has 0 spiro atoms. The summed E-state index contributed by atoms with van der Waals surface area (Å²) in [6.07, 6.45) is 5.08. The quantitative estimate of drug-likeness (QED) is 0.736. The van der Waals surface area contributed by atoms with Crippen molar-refractivity contribution in [3.63, 3.8) is 0 Å². The van der Waals surface area contributed by atoms with Crippen LogP contribution in [0.2, 0.25) is 0 Å². The van der Waals surface area contributed by atoms with Crippen LogP contribution in [0.5, 0.6) is 5.75 Å². The largest absolute Gasteiger partial charge is 0.486 e. The molecule has 0 unspecified atom stereocenters. The summed E-state index contributed by atoms with van der Waals surface area (Å²) >= 11 is 1.41. The molecule has 4 nitrogen and oxygen atoms in total. The molecule has 1 fully saturated rings. The molecule has 0 radical (unpaired) electrons. The molecule has 1 saturated carbocycles. The average Bonchev–Trinajstić information content (AvgIpc) is 2.66. The zero-order valence-electron chi connectivity index (χ0n) is 13.4. The Morgan fingerprint density at radius 3 is 2.57 bits per heavy atom. The number of nitrogen functional groups attached to an aromatic ring is 1. The summed E-state index contributed by atoms with van der Waals surface area (Å²) in [6.45, 7) is 8.65. The molecular formula is C16H26N2O2S. The van der Waals surface area contributed by atoms with Gasteiger partial charge in [-0.05, 0) is 38.5 Å². The van der Waals surface area contributed by atoms with Crippen molar-refractivity contribution in [2.75, 3.05) is 17.6 Å². The van der Waals surface area contributed by atoms with Crippen LogP contribution in [0.15, 0.2) is 0 Å². The van der Waals surface area contributed by atoms with Crippen LogP contribution in [0.25, 0.3) is 0 Å². The summed E-state index contributed by atoms with van der Waals surface area (Å²) < 4.78 is 5.83. The van der Waals surface area contributed by atoms with Crippen molar-refractivity contribution in [1.29, 1.82) is 0 Å². The van der Waals surface area contributed by atoms with Crippen LogP contribution in [-0.2, 0) is 0 Å². The highest BCUT2D eigenvalue weighted by molar-refractivity contribution is 7.19. The normalized spacial score (nSPS) is 16.6. The van der Waals surface area contributed by atoms with Crippen molar-refractivity contribution < 1.29 is 9.53 Å². The maximum Gasteiger partial charge on any atom is 0.177 e. The molecule has 0 aliphatic heterocycles. The molecule has 1 heterocycles. The first-order chi connectivity index (χ1) is 9.88. The molecule has 118 valence electrons. The Bertz CT molecular complexity index is 513. The summed E-state index contributed by atoms with van der Waals surface area (Å²) in [7, 11) is 0. The van der Waals surface area contributed by atoms with E-state index >= 15 is 0 Å². The lowest BCUT2D eigenvalue weighted by molar-refractivity contribution is 0.102. The predicted octanol–water partition coefficient (Wildman–Crippen LogP) is 4.31. The van der Waals surface area contributed by atoms with E-state index in [1.54, 1.807) is 6.92 Å². The maximum absolute atomic E-state index is 11.7. The smallest absolute Gasteiger partial charge is 0.177 e. The molecule has 3 N–H and O–H groups in total. The zero-order chi connectivity index (χ0) is 15.6. The number of rotatable bonds is 7. The summed E-state index contributed by atoms with van der Waals surface area (Å²) in [5, 5.41) is 4.38. The number of anilines is 2. The van der Waals surface area contributed by atoms with Gasteiger partial charge in [0.15, 0.2) is 11.5 Å². The third-order valence-electron chi connectivity index (χ3n) is 4.36. The van der Waals surface area contributed by atoms with Crippen molar-refractivity contribution in [3.05, 3.63) is 4.88 Å². The van der Waals surface area contributed by atoms with Gasteiger partial charge in [-0.25, -0.2) is 0 Å². The van der Waals surface area contributed by atoms with Crippen LogP contribution < -0.4 is 15.8 Å². The van der Waals surface area contributed by atoms with Crippen LogP contribution in [0.3, 0.4) is 0 Å². The van der Waals surface area contributed by atoms with E-state index in [2.05, 4.69) is 12.2 Å². The molecule has 2 rings (SSSR count). The van der Waals surface area contributed by atoms with E-state index in [1.165, 1.54) is 37.0 Å². The number of carbonyl (C=O) groups is 1. The number of thiophene rings is 1. The highest BCUT2D eigenvalue weighted by Crippen LogP contribution is 2.47. The van der Waals surface area contributed by atoms with E-state index in [1.807, 2.05) is 13.8 Å². The monoisotopic (exact) mass is 310 g/mol. The lowest BCUT2D eigenvalue weighted by atomic mass is 9.67. The average molecular weight is 310 g/mol. The number of ether oxygens (including phenoxy) is 1. The summed E-state index contributed by atoms with van der Waals surface area (Å²) in [4.78, 5) is 12.3. The molecule has 0 aromatic carbocycles. The second kappa shape index (κ2) is 6.26. The Labute approximate surface area is 131 Å².